The number of nitriles is 1. The molecule has 166 valence electrons. The number of nitrogens with zero attached hydrogens (tertiary/aromatic N) is 4. The van der Waals surface area contributed by atoms with Gasteiger partial charge >= 0.3 is 6.18 Å². The van der Waals surface area contributed by atoms with Crippen molar-refractivity contribution in [2.24, 2.45) is 0 Å². The smallest absolute Gasteiger partial charge is 0.437 e. The van der Waals surface area contributed by atoms with Gasteiger partial charge in [0.25, 0.3) is 17.5 Å². The Morgan fingerprint density at radius 3 is 2.59 bits per heavy atom. The molecule has 1 N–H and O–H groups in total. The third-order valence-electron chi connectivity index (χ3n) is 4.03. The topological polar surface area (TPSA) is 114 Å². The predicted molar refractivity (Wildman–Crippen MR) is 93.6 cm³/mol. The van der Waals surface area contributed by atoms with Crippen LogP contribution in [0, 0.1) is 17.1 Å². The lowest BCUT2D eigenvalue weighted by Crippen LogP contribution is -2.29. The maximum Gasteiger partial charge on any atom is 0.437 e. The van der Waals surface area contributed by atoms with E-state index in [4.69, 9.17) is 10.00 Å². The molecule has 0 bridgehead atoms. The van der Waals surface area contributed by atoms with E-state index in [0.717, 1.165) is 18.2 Å². The molecule has 0 spiro atoms. The minimum Gasteiger partial charge on any atom is -0.446 e. The van der Waals surface area contributed by atoms with Crippen LogP contribution in [0.3, 0.4) is 0 Å². The summed E-state index contributed by atoms with van der Waals surface area (Å²) in [4.78, 5) is 27.6. The second-order valence-electron chi connectivity index (χ2n) is 6.13. The molecule has 0 atom stereocenters. The van der Waals surface area contributed by atoms with Gasteiger partial charge in [0.2, 0.25) is 5.75 Å². The summed E-state index contributed by atoms with van der Waals surface area (Å²) in [6, 6.07) is 5.16. The van der Waals surface area contributed by atoms with Crippen LogP contribution in [0.1, 0.15) is 28.9 Å². The number of nitrogens with one attached hydrogen (secondary N) is 1. The van der Waals surface area contributed by atoms with Gasteiger partial charge in [-0.1, -0.05) is 6.07 Å². The average molecular weight is 457 g/mol. The molecule has 0 amide bonds. The van der Waals surface area contributed by atoms with Crippen molar-refractivity contribution in [1.29, 1.82) is 5.26 Å². The summed E-state index contributed by atoms with van der Waals surface area (Å²) in [5, 5.41) is 13.8. The summed E-state index contributed by atoms with van der Waals surface area (Å²) < 4.78 is 85.3. The fourth-order valence-corrected chi connectivity index (χ4v) is 2.54. The number of rotatable bonds is 5. The minimum absolute atomic E-state index is 0.428. The van der Waals surface area contributed by atoms with E-state index in [1.54, 1.807) is 5.10 Å². The first kappa shape index (κ1) is 22.5. The number of benzene rings is 1. The van der Waals surface area contributed by atoms with Crippen LogP contribution >= 0.6 is 0 Å². The quantitative estimate of drug-likeness (QED) is 0.589. The van der Waals surface area contributed by atoms with Crippen LogP contribution in [0.4, 0.5) is 26.3 Å². The van der Waals surface area contributed by atoms with Gasteiger partial charge in [-0.2, -0.15) is 23.5 Å². The summed E-state index contributed by atoms with van der Waals surface area (Å²) in [5.74, 6) is -3.61. The molecule has 2 heterocycles. The van der Waals surface area contributed by atoms with Crippen LogP contribution in [-0.4, -0.2) is 19.7 Å². The average Bonchev–Trinajstić information content (AvgIpc) is 2.72. The first-order valence-electron chi connectivity index (χ1n) is 8.42. The van der Waals surface area contributed by atoms with Gasteiger partial charge in [0, 0.05) is 5.56 Å². The Kier molecular flexibility index (Phi) is 6.01. The summed E-state index contributed by atoms with van der Waals surface area (Å²) in [6.07, 6.45) is -7.82. The van der Waals surface area contributed by atoms with Crippen LogP contribution in [-0.2, 0) is 12.7 Å². The number of halogens is 6. The Balaban J connectivity index is 2.13. The summed E-state index contributed by atoms with van der Waals surface area (Å²) >= 11 is 0. The number of hydrogen-bond donors (Lipinski definition) is 1. The molecule has 0 radical (unpaired) electrons. The third-order valence-corrected chi connectivity index (χ3v) is 4.03. The number of H-pyrrole nitrogens is 1. The van der Waals surface area contributed by atoms with E-state index in [2.05, 4.69) is 10.1 Å². The first-order valence-corrected chi connectivity index (χ1v) is 8.42. The monoisotopic (exact) mass is 457 g/mol. The molecule has 0 saturated carbocycles. The van der Waals surface area contributed by atoms with Crippen LogP contribution < -0.4 is 15.9 Å². The van der Waals surface area contributed by atoms with Crippen molar-refractivity contribution >= 4 is 0 Å². The van der Waals surface area contributed by atoms with Crippen molar-refractivity contribution in [2.45, 2.75) is 19.1 Å². The van der Waals surface area contributed by atoms with Gasteiger partial charge in [0.05, 0.1) is 18.4 Å². The fourth-order valence-electron chi connectivity index (χ4n) is 2.54. The highest BCUT2D eigenvalue weighted by molar-refractivity contribution is 5.41. The second kappa shape index (κ2) is 8.53. The summed E-state index contributed by atoms with van der Waals surface area (Å²) in [7, 11) is 0. The lowest BCUT2D eigenvalue weighted by molar-refractivity contribution is -0.142. The molecule has 0 aliphatic carbocycles. The van der Waals surface area contributed by atoms with Gasteiger partial charge in [-0.25, -0.2) is 23.3 Å². The van der Waals surface area contributed by atoms with Gasteiger partial charge in [-0.05, 0) is 18.2 Å². The molecule has 0 aliphatic rings. The van der Waals surface area contributed by atoms with E-state index in [9.17, 15) is 35.9 Å². The number of alkyl halides is 5. The molecule has 3 aromatic rings. The number of hydrogen-bond acceptors (Lipinski definition) is 6. The van der Waals surface area contributed by atoms with Crippen molar-refractivity contribution in [3.63, 3.8) is 0 Å². The van der Waals surface area contributed by atoms with Crippen molar-refractivity contribution in [3.8, 4) is 17.6 Å². The Bertz CT molecular complexity index is 1330. The molecule has 0 aliphatic heterocycles. The lowest BCUT2D eigenvalue weighted by Gasteiger charge is -2.15. The maximum atomic E-state index is 14.3. The molecule has 0 unspecified atom stereocenters. The molecule has 14 heteroatoms. The van der Waals surface area contributed by atoms with E-state index in [1.807, 2.05) is 0 Å². The van der Waals surface area contributed by atoms with Gasteiger partial charge in [-0.3, -0.25) is 14.2 Å². The molecule has 3 rings (SSSR count). The SMILES string of the molecule is N#Cc1cccc(Oc2c(C(F)(F)F)ncn(Cc3cc(C(F)F)n[nH]c3=O)c2=O)c1F. The lowest BCUT2D eigenvalue weighted by atomic mass is 10.2. The Morgan fingerprint density at radius 1 is 1.25 bits per heavy atom. The maximum absolute atomic E-state index is 14.3. The van der Waals surface area contributed by atoms with Gasteiger partial charge in [0.15, 0.2) is 17.3 Å². The van der Waals surface area contributed by atoms with Gasteiger partial charge < -0.3 is 4.74 Å². The fraction of sp³-hybridized carbons (Fsp3) is 0.167. The van der Waals surface area contributed by atoms with Crippen LogP contribution in [0.25, 0.3) is 0 Å². The van der Waals surface area contributed by atoms with Crippen molar-refractivity contribution in [1.82, 2.24) is 19.7 Å². The molecule has 32 heavy (non-hydrogen) atoms. The zero-order chi connectivity index (χ0) is 23.6. The molecule has 1 aromatic carbocycles. The van der Waals surface area contributed by atoms with E-state index in [0.29, 0.717) is 17.0 Å². The summed E-state index contributed by atoms with van der Waals surface area (Å²) in [6.45, 7) is -0.765. The molecular weight excluding hydrogens is 448 g/mol. The molecule has 0 saturated heterocycles. The Hall–Kier alpha value is -4.15. The zero-order valence-corrected chi connectivity index (χ0v) is 15.5. The highest BCUT2D eigenvalue weighted by Crippen LogP contribution is 2.35. The van der Waals surface area contributed by atoms with Crippen LogP contribution in [0.2, 0.25) is 0 Å². The van der Waals surface area contributed by atoms with Gasteiger partial charge in [0.1, 0.15) is 11.8 Å². The van der Waals surface area contributed by atoms with Gasteiger partial charge in [-0.15, -0.1) is 0 Å². The van der Waals surface area contributed by atoms with E-state index in [-0.39, 0.29) is 0 Å². The first-order chi connectivity index (χ1) is 15.0. The van der Waals surface area contributed by atoms with E-state index < -0.39 is 70.1 Å². The normalized spacial score (nSPS) is 11.4. The summed E-state index contributed by atoms with van der Waals surface area (Å²) in [5.41, 5.74) is -6.07. The van der Waals surface area contributed by atoms with E-state index in [1.165, 1.54) is 6.07 Å². The zero-order valence-electron chi connectivity index (χ0n) is 15.5. The third kappa shape index (κ3) is 4.46. The number of aromatic nitrogens is 4. The minimum atomic E-state index is -5.19. The highest BCUT2D eigenvalue weighted by atomic mass is 19.4. The molecule has 0 fully saturated rings. The van der Waals surface area contributed by atoms with Crippen molar-refractivity contribution < 1.29 is 31.1 Å². The Morgan fingerprint density at radius 2 is 1.97 bits per heavy atom. The van der Waals surface area contributed by atoms with Crippen LogP contribution in [0.5, 0.6) is 11.5 Å². The molecule has 2 aromatic heterocycles. The second-order valence-corrected chi connectivity index (χ2v) is 6.13. The van der Waals surface area contributed by atoms with Crippen LogP contribution in [0.15, 0.2) is 40.2 Å². The number of aromatic amines is 1. The Labute approximate surface area is 173 Å². The standard InChI is InChI=1S/C18H9F6N5O3/c19-12-8(5-25)2-1-3-11(12)32-13-14(18(22,23)24)26-7-29(17(13)31)6-9-4-10(15(20)21)27-28-16(9)30/h1-4,7,15H,6H2,(H,28,30). The van der Waals surface area contributed by atoms with Crippen molar-refractivity contribution in [3.05, 3.63) is 79.6 Å². The largest absolute Gasteiger partial charge is 0.446 e. The molecule has 8 nitrogen and oxygen atoms in total. The highest BCUT2D eigenvalue weighted by Gasteiger charge is 2.39. The number of ether oxygens (including phenoxy) is 1. The predicted octanol–water partition coefficient (Wildman–Crippen LogP) is 3.13. The molecular formula is C18H9F6N5O3. The van der Waals surface area contributed by atoms with E-state index >= 15 is 0 Å². The van der Waals surface area contributed by atoms with Crippen molar-refractivity contribution in [2.75, 3.05) is 0 Å².